The third kappa shape index (κ3) is 1.60. The second-order valence-electron chi connectivity index (χ2n) is 3.88. The summed E-state index contributed by atoms with van der Waals surface area (Å²) in [5, 5.41) is 9.62. The molecule has 2 aromatic heterocycles. The van der Waals surface area contributed by atoms with Crippen molar-refractivity contribution < 1.29 is 5.11 Å². The fourth-order valence-electron chi connectivity index (χ4n) is 1.84. The van der Waals surface area contributed by atoms with Gasteiger partial charge in [0.2, 0.25) is 0 Å². The van der Waals surface area contributed by atoms with Crippen LogP contribution in [0.2, 0.25) is 5.15 Å². The zero-order valence-corrected chi connectivity index (χ0v) is 10.3. The topological polar surface area (TPSA) is 63.8 Å². The molecule has 0 saturated carbocycles. The zero-order chi connectivity index (χ0) is 12.7. The van der Waals surface area contributed by atoms with E-state index in [1.807, 2.05) is 11.6 Å². The van der Waals surface area contributed by atoms with E-state index in [1.54, 1.807) is 24.3 Å². The van der Waals surface area contributed by atoms with Gasteiger partial charge in [0.25, 0.3) is 0 Å². The molecule has 2 heterocycles. The molecule has 1 N–H and O–H groups in total. The van der Waals surface area contributed by atoms with Crippen molar-refractivity contribution in [1.82, 2.24) is 19.5 Å². The average Bonchev–Trinajstić information content (AvgIpc) is 2.70. The number of benzene rings is 1. The van der Waals surface area contributed by atoms with Crippen LogP contribution in [-0.4, -0.2) is 24.6 Å². The van der Waals surface area contributed by atoms with Crippen molar-refractivity contribution in [2.75, 3.05) is 0 Å². The van der Waals surface area contributed by atoms with Gasteiger partial charge in [-0.3, -0.25) is 0 Å². The third-order valence-corrected chi connectivity index (χ3v) is 3.01. The van der Waals surface area contributed by atoms with E-state index in [0.717, 1.165) is 11.4 Å². The van der Waals surface area contributed by atoms with Crippen LogP contribution in [0.4, 0.5) is 0 Å². The highest BCUT2D eigenvalue weighted by atomic mass is 35.5. The Bertz CT molecular complexity index is 721. The van der Waals surface area contributed by atoms with Crippen molar-refractivity contribution >= 4 is 22.8 Å². The Morgan fingerprint density at radius 1 is 1.17 bits per heavy atom. The maximum Gasteiger partial charge on any atom is 0.165 e. The molecule has 0 radical (unpaired) electrons. The van der Waals surface area contributed by atoms with Crippen LogP contribution in [0, 0.1) is 0 Å². The summed E-state index contributed by atoms with van der Waals surface area (Å²) < 4.78 is 1.84. The fraction of sp³-hybridized carbons (Fsp3) is 0.0833. The van der Waals surface area contributed by atoms with Gasteiger partial charge in [0.1, 0.15) is 23.4 Å². The number of rotatable bonds is 1. The molecule has 0 spiro atoms. The first-order chi connectivity index (χ1) is 8.66. The molecule has 3 aromatic rings. The molecule has 0 aliphatic heterocycles. The first-order valence-corrected chi connectivity index (χ1v) is 5.67. The molecule has 0 fully saturated rings. The van der Waals surface area contributed by atoms with Crippen LogP contribution in [-0.2, 0) is 7.05 Å². The van der Waals surface area contributed by atoms with E-state index < -0.39 is 0 Å². The van der Waals surface area contributed by atoms with Gasteiger partial charge in [0.15, 0.2) is 10.8 Å². The Morgan fingerprint density at radius 2 is 1.89 bits per heavy atom. The predicted molar refractivity (Wildman–Crippen MR) is 68.4 cm³/mol. The molecule has 5 nitrogen and oxygen atoms in total. The van der Waals surface area contributed by atoms with Gasteiger partial charge >= 0.3 is 0 Å². The molecule has 90 valence electrons. The second-order valence-corrected chi connectivity index (χ2v) is 4.24. The van der Waals surface area contributed by atoms with E-state index in [1.165, 1.54) is 6.33 Å². The molecule has 6 heteroatoms. The van der Waals surface area contributed by atoms with Crippen LogP contribution in [0.5, 0.6) is 5.75 Å². The number of nitrogens with zero attached hydrogens (tertiary/aromatic N) is 4. The molecule has 0 amide bonds. The Hall–Kier alpha value is -2.14. The molecule has 0 aliphatic carbocycles. The summed E-state index contributed by atoms with van der Waals surface area (Å²) in [6, 6.07) is 6.81. The van der Waals surface area contributed by atoms with Crippen LogP contribution in [0.25, 0.3) is 22.6 Å². The minimum absolute atomic E-state index is 0.218. The average molecular weight is 261 g/mol. The van der Waals surface area contributed by atoms with Crippen molar-refractivity contribution in [1.29, 1.82) is 0 Å². The second kappa shape index (κ2) is 3.96. The first-order valence-electron chi connectivity index (χ1n) is 5.29. The molecular formula is C12H9ClN4O. The Morgan fingerprint density at radius 3 is 2.56 bits per heavy atom. The first kappa shape index (κ1) is 11.0. The fourth-order valence-corrected chi connectivity index (χ4v) is 2.01. The van der Waals surface area contributed by atoms with Crippen molar-refractivity contribution in [3.05, 3.63) is 35.7 Å². The van der Waals surface area contributed by atoms with Crippen molar-refractivity contribution in [2.24, 2.45) is 7.05 Å². The summed E-state index contributed by atoms with van der Waals surface area (Å²) in [5.74, 6) is 0.947. The molecule has 0 unspecified atom stereocenters. The van der Waals surface area contributed by atoms with Crippen LogP contribution in [0.1, 0.15) is 0 Å². The summed E-state index contributed by atoms with van der Waals surface area (Å²) in [6.07, 6.45) is 1.41. The van der Waals surface area contributed by atoms with Crippen LogP contribution < -0.4 is 0 Å². The molecule has 0 aliphatic rings. The number of aryl methyl sites for hydroxylation is 1. The van der Waals surface area contributed by atoms with E-state index in [2.05, 4.69) is 15.0 Å². The van der Waals surface area contributed by atoms with Gasteiger partial charge < -0.3 is 9.67 Å². The van der Waals surface area contributed by atoms with Crippen molar-refractivity contribution in [3.63, 3.8) is 0 Å². The van der Waals surface area contributed by atoms with Crippen LogP contribution in [0.3, 0.4) is 0 Å². The number of hydrogen-bond acceptors (Lipinski definition) is 4. The molecule has 3 rings (SSSR count). The van der Waals surface area contributed by atoms with Gasteiger partial charge in [0, 0.05) is 12.6 Å². The number of hydrogen-bond donors (Lipinski definition) is 1. The lowest BCUT2D eigenvalue weighted by Gasteiger charge is -2.01. The lowest BCUT2D eigenvalue weighted by Crippen LogP contribution is -1.93. The van der Waals surface area contributed by atoms with Crippen LogP contribution >= 0.6 is 11.6 Å². The van der Waals surface area contributed by atoms with Gasteiger partial charge in [-0.2, -0.15) is 0 Å². The predicted octanol–water partition coefficient (Wildman–Crippen LogP) is 2.39. The number of aromatic nitrogens is 4. The normalized spacial score (nSPS) is 11.0. The molecule has 0 atom stereocenters. The molecule has 0 saturated heterocycles. The van der Waals surface area contributed by atoms with Crippen molar-refractivity contribution in [2.45, 2.75) is 0 Å². The third-order valence-electron chi connectivity index (χ3n) is 2.74. The Balaban J connectivity index is 2.27. The van der Waals surface area contributed by atoms with E-state index in [9.17, 15) is 5.11 Å². The Labute approximate surface area is 108 Å². The van der Waals surface area contributed by atoms with Gasteiger partial charge in [-0.05, 0) is 24.3 Å². The number of halogens is 1. The number of aromatic hydroxyl groups is 1. The monoisotopic (exact) mass is 260 g/mol. The standard InChI is InChI=1S/C12H9ClN4O/c1-17-11(7-2-4-8(18)5-3-7)16-9-10(13)14-6-15-12(9)17/h2-6,18H,1H3. The quantitative estimate of drug-likeness (QED) is 0.683. The largest absolute Gasteiger partial charge is 0.508 e. The lowest BCUT2D eigenvalue weighted by atomic mass is 10.2. The molecule has 0 bridgehead atoms. The maximum absolute atomic E-state index is 9.29. The lowest BCUT2D eigenvalue weighted by molar-refractivity contribution is 0.475. The molecule has 18 heavy (non-hydrogen) atoms. The van der Waals surface area contributed by atoms with Gasteiger partial charge in [0.05, 0.1) is 0 Å². The van der Waals surface area contributed by atoms with E-state index in [4.69, 9.17) is 11.6 Å². The minimum Gasteiger partial charge on any atom is -0.508 e. The SMILES string of the molecule is Cn1c(-c2ccc(O)cc2)nc2c(Cl)ncnc21. The summed E-state index contributed by atoms with van der Waals surface area (Å²) in [4.78, 5) is 12.5. The highest BCUT2D eigenvalue weighted by Crippen LogP contribution is 2.26. The van der Waals surface area contributed by atoms with Crippen molar-refractivity contribution in [3.8, 4) is 17.1 Å². The van der Waals surface area contributed by atoms with E-state index in [-0.39, 0.29) is 5.75 Å². The summed E-state index contributed by atoms with van der Waals surface area (Å²) in [6.45, 7) is 0. The number of imidazole rings is 1. The minimum atomic E-state index is 0.218. The Kier molecular flexibility index (Phi) is 2.41. The smallest absolute Gasteiger partial charge is 0.165 e. The van der Waals surface area contributed by atoms with Gasteiger partial charge in [-0.25, -0.2) is 15.0 Å². The highest BCUT2D eigenvalue weighted by Gasteiger charge is 2.13. The molecular weight excluding hydrogens is 252 g/mol. The number of fused-ring (bicyclic) bond motifs is 1. The van der Waals surface area contributed by atoms with Gasteiger partial charge in [-0.15, -0.1) is 0 Å². The zero-order valence-electron chi connectivity index (χ0n) is 9.50. The highest BCUT2D eigenvalue weighted by molar-refractivity contribution is 6.33. The van der Waals surface area contributed by atoms with E-state index in [0.29, 0.717) is 16.3 Å². The number of phenols is 1. The maximum atomic E-state index is 9.29. The summed E-state index contributed by atoms with van der Waals surface area (Å²) in [5.41, 5.74) is 2.13. The molecule has 1 aromatic carbocycles. The van der Waals surface area contributed by atoms with Crippen LogP contribution in [0.15, 0.2) is 30.6 Å². The van der Waals surface area contributed by atoms with E-state index >= 15 is 0 Å². The number of phenolic OH excluding ortho intramolecular Hbond substituents is 1. The summed E-state index contributed by atoms with van der Waals surface area (Å²) in [7, 11) is 1.86. The summed E-state index contributed by atoms with van der Waals surface area (Å²) >= 11 is 5.99. The van der Waals surface area contributed by atoms with Gasteiger partial charge in [-0.1, -0.05) is 11.6 Å².